The van der Waals surface area contributed by atoms with Crippen molar-refractivity contribution >= 4 is 21.7 Å². The standard InChI is InChI=1S/C14H23BrN4/c1-14(2,3)13-17-11(15)7-12(18-13)16-8-10-5-6-19(4)9-10/h7,10H,5-6,8-9H2,1-4H3,(H,16,17,18). The molecule has 5 heteroatoms. The highest BCUT2D eigenvalue weighted by molar-refractivity contribution is 9.10. The third-order valence-electron chi connectivity index (χ3n) is 3.43. The third-order valence-corrected chi connectivity index (χ3v) is 3.83. The number of hydrogen-bond donors (Lipinski definition) is 1. The number of nitrogens with zero attached hydrogens (tertiary/aromatic N) is 3. The maximum atomic E-state index is 4.62. The molecule has 0 amide bonds. The Hall–Kier alpha value is -0.680. The Morgan fingerprint density at radius 2 is 2.16 bits per heavy atom. The van der Waals surface area contributed by atoms with Crippen LogP contribution in [0.4, 0.5) is 5.82 Å². The molecule has 1 fully saturated rings. The molecule has 2 rings (SSSR count). The van der Waals surface area contributed by atoms with Crippen LogP contribution in [0.15, 0.2) is 10.7 Å². The van der Waals surface area contributed by atoms with Gasteiger partial charge in [-0.25, -0.2) is 9.97 Å². The van der Waals surface area contributed by atoms with Crippen molar-refractivity contribution in [3.63, 3.8) is 0 Å². The molecular weight excluding hydrogens is 304 g/mol. The Balaban J connectivity index is 2.02. The van der Waals surface area contributed by atoms with Gasteiger partial charge in [-0.05, 0) is 41.9 Å². The lowest BCUT2D eigenvalue weighted by Crippen LogP contribution is -2.21. The Morgan fingerprint density at radius 3 is 2.74 bits per heavy atom. The van der Waals surface area contributed by atoms with Crippen LogP contribution in [-0.4, -0.2) is 41.5 Å². The summed E-state index contributed by atoms with van der Waals surface area (Å²) in [5.74, 6) is 2.51. The van der Waals surface area contributed by atoms with Crippen molar-refractivity contribution in [3.8, 4) is 0 Å². The summed E-state index contributed by atoms with van der Waals surface area (Å²) >= 11 is 3.47. The molecule has 4 nitrogen and oxygen atoms in total. The van der Waals surface area contributed by atoms with Crippen LogP contribution in [0.3, 0.4) is 0 Å². The fourth-order valence-corrected chi connectivity index (χ4v) is 2.67. The minimum absolute atomic E-state index is 0.0339. The number of halogens is 1. The zero-order chi connectivity index (χ0) is 14.0. The van der Waals surface area contributed by atoms with E-state index in [1.807, 2.05) is 6.07 Å². The van der Waals surface area contributed by atoms with Gasteiger partial charge in [0.05, 0.1) is 0 Å². The van der Waals surface area contributed by atoms with Gasteiger partial charge in [-0.3, -0.25) is 0 Å². The van der Waals surface area contributed by atoms with Gasteiger partial charge in [-0.15, -0.1) is 0 Å². The van der Waals surface area contributed by atoms with Crippen LogP contribution in [0.1, 0.15) is 33.0 Å². The van der Waals surface area contributed by atoms with Crippen LogP contribution in [0.2, 0.25) is 0 Å². The summed E-state index contributed by atoms with van der Waals surface area (Å²) in [5.41, 5.74) is -0.0339. The minimum Gasteiger partial charge on any atom is -0.370 e. The highest BCUT2D eigenvalue weighted by Gasteiger charge is 2.21. The summed E-state index contributed by atoms with van der Waals surface area (Å²) in [5, 5.41) is 3.45. The van der Waals surface area contributed by atoms with Gasteiger partial charge < -0.3 is 10.2 Å². The first kappa shape index (κ1) is 14.7. The molecule has 106 valence electrons. The average molecular weight is 327 g/mol. The molecule has 1 aromatic heterocycles. The van der Waals surface area contributed by atoms with Gasteiger partial charge in [-0.2, -0.15) is 0 Å². The summed E-state index contributed by atoms with van der Waals surface area (Å²) < 4.78 is 0.846. The maximum Gasteiger partial charge on any atom is 0.137 e. The molecule has 0 bridgehead atoms. The van der Waals surface area contributed by atoms with Crippen molar-refractivity contribution in [2.24, 2.45) is 5.92 Å². The normalized spacial score (nSPS) is 20.8. The van der Waals surface area contributed by atoms with Crippen molar-refractivity contribution in [1.29, 1.82) is 0 Å². The van der Waals surface area contributed by atoms with E-state index in [-0.39, 0.29) is 5.41 Å². The summed E-state index contributed by atoms with van der Waals surface area (Å²) in [6, 6.07) is 1.95. The van der Waals surface area contributed by atoms with E-state index < -0.39 is 0 Å². The number of hydrogen-bond acceptors (Lipinski definition) is 4. The monoisotopic (exact) mass is 326 g/mol. The molecule has 2 heterocycles. The first-order chi connectivity index (χ1) is 8.84. The first-order valence-electron chi connectivity index (χ1n) is 6.82. The molecule has 0 spiro atoms. The molecule has 1 N–H and O–H groups in total. The second-order valence-corrected chi connectivity index (χ2v) is 7.26. The molecule has 1 aromatic rings. The van der Waals surface area contributed by atoms with Gasteiger partial charge in [-0.1, -0.05) is 20.8 Å². The lowest BCUT2D eigenvalue weighted by atomic mass is 9.96. The number of likely N-dealkylation sites (tertiary alicyclic amines) is 1. The van der Waals surface area contributed by atoms with E-state index >= 15 is 0 Å². The van der Waals surface area contributed by atoms with Gasteiger partial charge in [0.25, 0.3) is 0 Å². The number of rotatable bonds is 3. The van der Waals surface area contributed by atoms with Gasteiger partial charge >= 0.3 is 0 Å². The van der Waals surface area contributed by atoms with Crippen molar-refractivity contribution in [1.82, 2.24) is 14.9 Å². The van der Waals surface area contributed by atoms with Crippen LogP contribution in [0.5, 0.6) is 0 Å². The molecule has 1 aliphatic heterocycles. The second kappa shape index (κ2) is 5.75. The van der Waals surface area contributed by atoms with Gasteiger partial charge in [0.2, 0.25) is 0 Å². The molecule has 1 aliphatic rings. The molecule has 1 unspecified atom stereocenters. The van der Waals surface area contributed by atoms with Crippen LogP contribution in [-0.2, 0) is 5.41 Å². The average Bonchev–Trinajstić information content (AvgIpc) is 2.71. The molecule has 0 saturated carbocycles. The predicted octanol–water partition coefficient (Wildman–Crippen LogP) is 2.90. The summed E-state index contributed by atoms with van der Waals surface area (Å²) in [4.78, 5) is 11.5. The Labute approximate surface area is 124 Å². The highest BCUT2D eigenvalue weighted by atomic mass is 79.9. The van der Waals surface area contributed by atoms with E-state index in [2.05, 4.69) is 63.9 Å². The summed E-state index contributed by atoms with van der Waals surface area (Å²) in [6.07, 6.45) is 1.27. The third kappa shape index (κ3) is 4.14. The van der Waals surface area contributed by atoms with Crippen LogP contribution in [0.25, 0.3) is 0 Å². The molecule has 1 atom stereocenters. The van der Waals surface area contributed by atoms with E-state index in [1.54, 1.807) is 0 Å². The molecule has 19 heavy (non-hydrogen) atoms. The summed E-state index contributed by atoms with van der Waals surface area (Å²) in [6.45, 7) is 9.75. The smallest absolute Gasteiger partial charge is 0.137 e. The number of nitrogens with one attached hydrogen (secondary N) is 1. The molecule has 0 aliphatic carbocycles. The zero-order valence-corrected chi connectivity index (χ0v) is 13.8. The molecule has 1 saturated heterocycles. The van der Waals surface area contributed by atoms with Gasteiger partial charge in [0.1, 0.15) is 16.2 Å². The lowest BCUT2D eigenvalue weighted by Gasteiger charge is -2.18. The maximum absolute atomic E-state index is 4.62. The van der Waals surface area contributed by atoms with E-state index in [0.717, 1.165) is 28.7 Å². The van der Waals surface area contributed by atoms with Crippen molar-refractivity contribution in [2.75, 3.05) is 32.0 Å². The van der Waals surface area contributed by atoms with Crippen LogP contribution >= 0.6 is 15.9 Å². The molecule has 0 radical (unpaired) electrons. The fourth-order valence-electron chi connectivity index (χ4n) is 2.29. The van der Waals surface area contributed by atoms with Crippen LogP contribution < -0.4 is 5.32 Å². The van der Waals surface area contributed by atoms with E-state index in [1.165, 1.54) is 19.5 Å². The molecule has 0 aromatic carbocycles. The quantitative estimate of drug-likeness (QED) is 0.867. The Kier molecular flexibility index (Phi) is 4.46. The van der Waals surface area contributed by atoms with Crippen molar-refractivity contribution < 1.29 is 0 Å². The largest absolute Gasteiger partial charge is 0.370 e. The lowest BCUT2D eigenvalue weighted by molar-refractivity contribution is 0.399. The molecular formula is C14H23BrN4. The fraction of sp³-hybridized carbons (Fsp3) is 0.714. The zero-order valence-electron chi connectivity index (χ0n) is 12.2. The second-order valence-electron chi connectivity index (χ2n) is 6.45. The SMILES string of the molecule is CN1CCC(CNc2cc(Br)nc(C(C)(C)C)n2)C1. The predicted molar refractivity (Wildman–Crippen MR) is 82.5 cm³/mol. The highest BCUT2D eigenvalue weighted by Crippen LogP contribution is 2.23. The van der Waals surface area contributed by atoms with Gasteiger partial charge in [0, 0.05) is 24.6 Å². The van der Waals surface area contributed by atoms with Gasteiger partial charge in [0.15, 0.2) is 0 Å². The summed E-state index contributed by atoms with van der Waals surface area (Å²) in [7, 11) is 2.18. The number of anilines is 1. The Morgan fingerprint density at radius 1 is 1.42 bits per heavy atom. The minimum atomic E-state index is -0.0339. The first-order valence-corrected chi connectivity index (χ1v) is 7.61. The number of aromatic nitrogens is 2. The Bertz CT molecular complexity index is 442. The van der Waals surface area contributed by atoms with Crippen LogP contribution in [0, 0.1) is 5.92 Å². The van der Waals surface area contributed by atoms with E-state index in [4.69, 9.17) is 0 Å². The van der Waals surface area contributed by atoms with Crippen molar-refractivity contribution in [2.45, 2.75) is 32.6 Å². The van der Waals surface area contributed by atoms with E-state index in [0.29, 0.717) is 0 Å². The van der Waals surface area contributed by atoms with Crippen molar-refractivity contribution in [3.05, 3.63) is 16.5 Å². The van der Waals surface area contributed by atoms with E-state index in [9.17, 15) is 0 Å². The topological polar surface area (TPSA) is 41.0 Å².